The first-order valence-electron chi connectivity index (χ1n) is 4.09. The van der Waals surface area contributed by atoms with E-state index < -0.39 is 10.0 Å². The Labute approximate surface area is 83.5 Å². The zero-order valence-electron chi connectivity index (χ0n) is 7.55. The Morgan fingerprint density at radius 2 is 1.93 bits per heavy atom. The first kappa shape index (κ1) is 10.7. The third-order valence-corrected chi connectivity index (χ3v) is 2.87. The van der Waals surface area contributed by atoms with Crippen molar-refractivity contribution in [2.75, 3.05) is 6.54 Å². The number of nitrogens with two attached hydrogens (primary N) is 1. The summed E-state index contributed by atoms with van der Waals surface area (Å²) in [6.45, 7) is 0.303. The van der Waals surface area contributed by atoms with Crippen LogP contribution < -0.4 is 10.5 Å². The molecule has 4 nitrogen and oxygen atoms in total. The molecule has 1 aromatic carbocycles. The second kappa shape index (κ2) is 4.78. The van der Waals surface area contributed by atoms with E-state index in [2.05, 4.69) is 4.72 Å². The maximum atomic E-state index is 11.5. The molecule has 0 saturated carbocycles. The lowest BCUT2D eigenvalue weighted by molar-refractivity contribution is 0.590. The van der Waals surface area contributed by atoms with Crippen LogP contribution in [0.25, 0.3) is 0 Å². The molecule has 0 atom stereocenters. The summed E-state index contributed by atoms with van der Waals surface area (Å²) in [7, 11) is -3.42. The maximum Gasteiger partial charge on any atom is 0.261 e. The van der Waals surface area contributed by atoms with Gasteiger partial charge >= 0.3 is 0 Å². The molecule has 0 amide bonds. The molecule has 0 spiro atoms. The van der Waals surface area contributed by atoms with Gasteiger partial charge in [0.2, 0.25) is 0 Å². The van der Waals surface area contributed by atoms with Crippen LogP contribution in [0.4, 0.5) is 0 Å². The van der Waals surface area contributed by atoms with Crippen LogP contribution in [0.15, 0.2) is 47.5 Å². The summed E-state index contributed by atoms with van der Waals surface area (Å²) in [5.41, 5.74) is 5.17. The van der Waals surface area contributed by atoms with E-state index in [1.807, 2.05) is 0 Å². The molecule has 0 bridgehead atoms. The van der Waals surface area contributed by atoms with Gasteiger partial charge in [-0.25, -0.2) is 8.42 Å². The van der Waals surface area contributed by atoms with Crippen LogP contribution in [0.2, 0.25) is 0 Å². The predicted molar refractivity (Wildman–Crippen MR) is 55.0 cm³/mol. The van der Waals surface area contributed by atoms with E-state index in [0.717, 1.165) is 0 Å². The predicted octanol–water partition coefficient (Wildman–Crippen LogP) is 0.437. The highest BCUT2D eigenvalue weighted by molar-refractivity contribution is 7.89. The summed E-state index contributed by atoms with van der Waals surface area (Å²) in [5.74, 6) is 0. The molecule has 0 fully saturated rings. The molecule has 0 saturated heterocycles. The van der Waals surface area contributed by atoms with Gasteiger partial charge in [-0.05, 0) is 12.1 Å². The Balaban J connectivity index is 2.82. The minimum Gasteiger partial charge on any atom is -0.327 e. The summed E-state index contributed by atoms with van der Waals surface area (Å²) in [6, 6.07) is 8.15. The first-order chi connectivity index (χ1) is 6.67. The molecule has 3 N–H and O–H groups in total. The Bertz CT molecular complexity index is 398. The van der Waals surface area contributed by atoms with E-state index in [-0.39, 0.29) is 4.90 Å². The average molecular weight is 212 g/mol. The number of hydrogen-bond acceptors (Lipinski definition) is 3. The molecule has 0 aliphatic carbocycles. The second-order valence-electron chi connectivity index (χ2n) is 2.57. The van der Waals surface area contributed by atoms with Gasteiger partial charge in [-0.1, -0.05) is 24.3 Å². The van der Waals surface area contributed by atoms with Crippen molar-refractivity contribution < 1.29 is 8.42 Å². The third kappa shape index (κ3) is 2.86. The smallest absolute Gasteiger partial charge is 0.261 e. The fourth-order valence-corrected chi connectivity index (χ4v) is 1.80. The van der Waals surface area contributed by atoms with E-state index in [1.54, 1.807) is 18.2 Å². The lowest BCUT2D eigenvalue weighted by atomic mass is 10.4. The van der Waals surface area contributed by atoms with E-state index >= 15 is 0 Å². The molecule has 14 heavy (non-hydrogen) atoms. The average Bonchev–Trinajstić information content (AvgIpc) is 2.19. The Morgan fingerprint density at radius 3 is 2.50 bits per heavy atom. The third-order valence-electron chi connectivity index (χ3n) is 1.53. The normalized spacial score (nSPS) is 11.8. The molecule has 76 valence electrons. The fourth-order valence-electron chi connectivity index (χ4n) is 0.873. The van der Waals surface area contributed by atoms with Gasteiger partial charge in [0.05, 0.1) is 4.90 Å². The number of nitrogens with one attached hydrogen (secondary N) is 1. The first-order valence-corrected chi connectivity index (χ1v) is 5.57. The van der Waals surface area contributed by atoms with Crippen molar-refractivity contribution in [3.8, 4) is 0 Å². The van der Waals surface area contributed by atoms with Crippen LogP contribution in [-0.2, 0) is 10.0 Å². The zero-order chi connectivity index (χ0) is 10.4. The minimum absolute atomic E-state index is 0.238. The van der Waals surface area contributed by atoms with Crippen molar-refractivity contribution in [1.29, 1.82) is 0 Å². The fraction of sp³-hybridized carbons (Fsp3) is 0.111. The molecule has 0 unspecified atom stereocenters. The van der Waals surface area contributed by atoms with E-state index in [1.165, 1.54) is 24.4 Å². The zero-order valence-corrected chi connectivity index (χ0v) is 8.37. The van der Waals surface area contributed by atoms with Crippen LogP contribution in [0.5, 0.6) is 0 Å². The van der Waals surface area contributed by atoms with Gasteiger partial charge in [-0.3, -0.25) is 4.72 Å². The molecule has 0 aliphatic heterocycles. The van der Waals surface area contributed by atoms with E-state index in [9.17, 15) is 8.42 Å². The highest BCUT2D eigenvalue weighted by Crippen LogP contribution is 2.06. The van der Waals surface area contributed by atoms with Crippen molar-refractivity contribution in [3.05, 3.63) is 42.6 Å². The quantitative estimate of drug-likeness (QED) is 0.760. The number of hydrogen-bond donors (Lipinski definition) is 2. The van der Waals surface area contributed by atoms with Crippen molar-refractivity contribution >= 4 is 10.0 Å². The van der Waals surface area contributed by atoms with Crippen molar-refractivity contribution in [1.82, 2.24) is 4.72 Å². The highest BCUT2D eigenvalue weighted by Gasteiger charge is 2.09. The summed E-state index contributed by atoms with van der Waals surface area (Å²) in [6.07, 6.45) is 2.85. The van der Waals surface area contributed by atoms with Gasteiger partial charge in [0.25, 0.3) is 10.0 Å². The lowest BCUT2D eigenvalue weighted by Crippen LogP contribution is -2.18. The summed E-state index contributed by atoms with van der Waals surface area (Å²) in [4.78, 5) is 0.238. The van der Waals surface area contributed by atoms with Gasteiger partial charge in [0, 0.05) is 12.7 Å². The molecular weight excluding hydrogens is 200 g/mol. The molecule has 0 radical (unpaired) electrons. The molecule has 5 heteroatoms. The van der Waals surface area contributed by atoms with Crippen LogP contribution >= 0.6 is 0 Å². The van der Waals surface area contributed by atoms with Gasteiger partial charge in [-0.15, -0.1) is 0 Å². The van der Waals surface area contributed by atoms with E-state index in [4.69, 9.17) is 5.73 Å². The SMILES string of the molecule is NC/C=C/NS(=O)(=O)c1ccccc1. The maximum absolute atomic E-state index is 11.5. The molecule has 0 aliphatic rings. The number of rotatable bonds is 4. The van der Waals surface area contributed by atoms with Gasteiger partial charge in [0.15, 0.2) is 0 Å². The molecule has 1 rings (SSSR count). The Hall–Kier alpha value is -1.33. The second-order valence-corrected chi connectivity index (χ2v) is 4.29. The summed E-state index contributed by atoms with van der Waals surface area (Å²) < 4.78 is 25.3. The lowest BCUT2D eigenvalue weighted by Gasteiger charge is -2.02. The number of sulfonamides is 1. The summed E-state index contributed by atoms with van der Waals surface area (Å²) >= 11 is 0. The van der Waals surface area contributed by atoms with Crippen molar-refractivity contribution in [3.63, 3.8) is 0 Å². The van der Waals surface area contributed by atoms with Crippen molar-refractivity contribution in [2.45, 2.75) is 4.90 Å². The summed E-state index contributed by atoms with van der Waals surface area (Å²) in [5, 5.41) is 0. The standard InChI is InChI=1S/C9H12N2O2S/c10-7-4-8-11-14(12,13)9-5-2-1-3-6-9/h1-6,8,11H,7,10H2/b8-4+. The monoisotopic (exact) mass is 212 g/mol. The molecule has 0 aromatic heterocycles. The van der Waals surface area contributed by atoms with Crippen LogP contribution in [-0.4, -0.2) is 15.0 Å². The van der Waals surface area contributed by atoms with Gasteiger partial charge in [0.1, 0.15) is 0 Å². The topological polar surface area (TPSA) is 72.2 Å². The Morgan fingerprint density at radius 1 is 1.29 bits per heavy atom. The highest BCUT2D eigenvalue weighted by atomic mass is 32.2. The molecular formula is C9H12N2O2S. The number of benzene rings is 1. The van der Waals surface area contributed by atoms with Crippen LogP contribution in [0.1, 0.15) is 0 Å². The minimum atomic E-state index is -3.42. The molecule has 1 aromatic rings. The largest absolute Gasteiger partial charge is 0.327 e. The Kier molecular flexibility index (Phi) is 3.67. The molecule has 0 heterocycles. The van der Waals surface area contributed by atoms with Crippen molar-refractivity contribution in [2.24, 2.45) is 5.73 Å². The van der Waals surface area contributed by atoms with Crippen LogP contribution in [0, 0.1) is 0 Å². The van der Waals surface area contributed by atoms with Gasteiger partial charge < -0.3 is 5.73 Å². The van der Waals surface area contributed by atoms with Crippen LogP contribution in [0.3, 0.4) is 0 Å². The van der Waals surface area contributed by atoms with E-state index in [0.29, 0.717) is 6.54 Å². The van der Waals surface area contributed by atoms with Gasteiger partial charge in [-0.2, -0.15) is 0 Å².